The summed E-state index contributed by atoms with van der Waals surface area (Å²) in [7, 11) is 0. The van der Waals surface area contributed by atoms with E-state index in [2.05, 4.69) is 15.2 Å². The maximum atomic E-state index is 3.87. The molecule has 0 N–H and O–H groups in total. The quantitative estimate of drug-likeness (QED) is 0.689. The van der Waals surface area contributed by atoms with Crippen molar-refractivity contribution in [1.82, 2.24) is 15.2 Å². The van der Waals surface area contributed by atoms with Gasteiger partial charge in [-0.2, -0.15) is 0 Å². The van der Waals surface area contributed by atoms with Gasteiger partial charge >= 0.3 is 0 Å². The first-order valence-corrected chi connectivity index (χ1v) is 5.10. The Morgan fingerprint density at radius 2 is 1.79 bits per heavy atom. The van der Waals surface area contributed by atoms with E-state index in [9.17, 15) is 0 Å². The summed E-state index contributed by atoms with van der Waals surface area (Å²) in [5.74, 6) is 0. The number of nitrogens with zero attached hydrogens (tertiary/aromatic N) is 3. The summed E-state index contributed by atoms with van der Waals surface area (Å²) < 4.78 is 0. The Balaban J connectivity index is 0. The first-order valence-electron chi connectivity index (χ1n) is 5.10. The van der Waals surface area contributed by atoms with E-state index in [0.717, 1.165) is 11.3 Å². The topological polar surface area (TPSA) is 38.7 Å². The Morgan fingerprint density at radius 1 is 1.21 bits per heavy atom. The molecule has 1 heterocycles. The molecule has 0 amide bonds. The summed E-state index contributed by atoms with van der Waals surface area (Å²) in [6.07, 6.45) is 5.10. The zero-order chi connectivity index (χ0) is 11.4. The van der Waals surface area contributed by atoms with Crippen LogP contribution in [0.1, 0.15) is 47.2 Å². The fraction of sp³-hybridized carbons (Fsp3) is 0.545. The molecule has 0 aliphatic rings. The number of hydrogen-bond donors (Lipinski definition) is 0. The van der Waals surface area contributed by atoms with Crippen LogP contribution in [-0.2, 0) is 0 Å². The molecule has 1 aromatic rings. The monoisotopic (exact) mass is 195 g/mol. The van der Waals surface area contributed by atoms with Crippen molar-refractivity contribution in [3.8, 4) is 0 Å². The lowest BCUT2D eigenvalue weighted by Gasteiger charge is -1.93. The van der Waals surface area contributed by atoms with Crippen LogP contribution in [0.2, 0.25) is 0 Å². The smallest absolute Gasteiger partial charge is 0.138 e. The van der Waals surface area contributed by atoms with Gasteiger partial charge in [-0.3, -0.25) is 0 Å². The van der Waals surface area contributed by atoms with E-state index in [-0.39, 0.29) is 0 Å². The molecule has 1 rings (SSSR count). The Bertz CT molecular complexity index is 230. The van der Waals surface area contributed by atoms with Gasteiger partial charge in [0, 0.05) is 0 Å². The predicted octanol–water partition coefficient (Wildman–Crippen LogP) is 3.35. The summed E-state index contributed by atoms with van der Waals surface area (Å²) in [4.78, 5) is 3.84. The number of hydrogen-bond acceptors (Lipinski definition) is 3. The standard InChI is InChI=1S/C7H9N3.2C2H6/c1-3-6(2)7-4-8-5-9-10-7;2*1-2/h3-5H,1-2H3;2*1-2H3/b6-3+;;. The van der Waals surface area contributed by atoms with Crippen LogP contribution < -0.4 is 0 Å². The molecule has 0 bridgehead atoms. The van der Waals surface area contributed by atoms with E-state index in [0.29, 0.717) is 0 Å². The average Bonchev–Trinajstić information content (AvgIpc) is 2.34. The third kappa shape index (κ3) is 6.29. The molecule has 0 aliphatic carbocycles. The third-order valence-corrected chi connectivity index (χ3v) is 1.32. The second kappa shape index (κ2) is 11.8. The van der Waals surface area contributed by atoms with Gasteiger partial charge in [0.25, 0.3) is 0 Å². The summed E-state index contributed by atoms with van der Waals surface area (Å²) in [5.41, 5.74) is 1.94. The summed E-state index contributed by atoms with van der Waals surface area (Å²) in [6.45, 7) is 11.9. The van der Waals surface area contributed by atoms with Crippen LogP contribution >= 0.6 is 0 Å². The van der Waals surface area contributed by atoms with Crippen LogP contribution in [0.3, 0.4) is 0 Å². The van der Waals surface area contributed by atoms with Crippen molar-refractivity contribution in [3.63, 3.8) is 0 Å². The Kier molecular flexibility index (Phi) is 12.8. The molecule has 0 radical (unpaired) electrons. The molecule has 0 fully saturated rings. The third-order valence-electron chi connectivity index (χ3n) is 1.32. The Hall–Kier alpha value is -1.25. The van der Waals surface area contributed by atoms with E-state index in [1.54, 1.807) is 6.20 Å². The van der Waals surface area contributed by atoms with Crippen molar-refractivity contribution >= 4 is 5.57 Å². The predicted molar refractivity (Wildman–Crippen MR) is 61.8 cm³/mol. The lowest BCUT2D eigenvalue weighted by atomic mass is 10.2. The van der Waals surface area contributed by atoms with E-state index in [1.807, 2.05) is 47.6 Å². The fourth-order valence-corrected chi connectivity index (χ4v) is 0.576. The minimum Gasteiger partial charge on any atom is -0.241 e. The van der Waals surface area contributed by atoms with Gasteiger partial charge in [0.05, 0.1) is 6.20 Å². The molecule has 0 aromatic carbocycles. The molecule has 1 aromatic heterocycles. The van der Waals surface area contributed by atoms with Gasteiger partial charge < -0.3 is 0 Å². The molecule has 14 heavy (non-hydrogen) atoms. The summed E-state index contributed by atoms with van der Waals surface area (Å²) in [6, 6.07) is 0. The van der Waals surface area contributed by atoms with Crippen molar-refractivity contribution < 1.29 is 0 Å². The molecule has 0 atom stereocenters. The molecule has 80 valence electrons. The molecule has 3 nitrogen and oxygen atoms in total. The van der Waals surface area contributed by atoms with Gasteiger partial charge in [0.2, 0.25) is 0 Å². The second-order valence-electron chi connectivity index (χ2n) is 1.97. The normalized spacial score (nSPS) is 9.14. The van der Waals surface area contributed by atoms with Crippen molar-refractivity contribution in [2.45, 2.75) is 41.5 Å². The van der Waals surface area contributed by atoms with Gasteiger partial charge in [-0.1, -0.05) is 33.8 Å². The first-order chi connectivity index (χ1) is 6.84. The lowest BCUT2D eigenvalue weighted by Crippen LogP contribution is -1.89. The first kappa shape index (κ1) is 15.2. The maximum Gasteiger partial charge on any atom is 0.138 e. The summed E-state index contributed by atoms with van der Waals surface area (Å²) >= 11 is 0. The highest BCUT2D eigenvalue weighted by atomic mass is 15.1. The zero-order valence-electron chi connectivity index (χ0n) is 10.1. The molecule has 0 aliphatic heterocycles. The highest BCUT2D eigenvalue weighted by molar-refractivity contribution is 5.58. The molecule has 3 heteroatoms. The van der Waals surface area contributed by atoms with Crippen molar-refractivity contribution in [1.29, 1.82) is 0 Å². The van der Waals surface area contributed by atoms with Crippen LogP contribution in [0, 0.1) is 0 Å². The summed E-state index contributed by atoms with van der Waals surface area (Å²) in [5, 5.41) is 7.52. The number of rotatable bonds is 1. The van der Waals surface area contributed by atoms with Crippen LogP contribution in [0.25, 0.3) is 5.57 Å². The average molecular weight is 195 g/mol. The number of allylic oxidation sites excluding steroid dienone is 2. The Morgan fingerprint density at radius 3 is 2.14 bits per heavy atom. The van der Waals surface area contributed by atoms with E-state index in [1.165, 1.54) is 6.33 Å². The highest BCUT2D eigenvalue weighted by Crippen LogP contribution is 2.05. The zero-order valence-corrected chi connectivity index (χ0v) is 10.1. The van der Waals surface area contributed by atoms with Crippen LogP contribution in [0.15, 0.2) is 18.6 Å². The van der Waals surface area contributed by atoms with Crippen molar-refractivity contribution in [3.05, 3.63) is 24.3 Å². The largest absolute Gasteiger partial charge is 0.241 e. The molecule has 0 saturated heterocycles. The Labute approximate surface area is 87.3 Å². The number of aromatic nitrogens is 3. The minimum absolute atomic E-state index is 0.838. The van der Waals surface area contributed by atoms with Gasteiger partial charge in [-0.15, -0.1) is 10.2 Å². The van der Waals surface area contributed by atoms with Gasteiger partial charge in [-0.05, 0) is 19.4 Å². The molecule has 0 saturated carbocycles. The van der Waals surface area contributed by atoms with Gasteiger partial charge in [0.1, 0.15) is 12.0 Å². The fourth-order valence-electron chi connectivity index (χ4n) is 0.576. The van der Waals surface area contributed by atoms with Gasteiger partial charge in [0.15, 0.2) is 0 Å². The van der Waals surface area contributed by atoms with Crippen molar-refractivity contribution in [2.75, 3.05) is 0 Å². The van der Waals surface area contributed by atoms with Crippen molar-refractivity contribution in [2.24, 2.45) is 0 Å². The minimum atomic E-state index is 0.838. The maximum absolute atomic E-state index is 3.87. The van der Waals surface area contributed by atoms with E-state index < -0.39 is 0 Å². The molecular weight excluding hydrogens is 174 g/mol. The molecule has 0 spiro atoms. The SMILES string of the molecule is C/C=C(\C)c1cncnn1.CC.CC. The van der Waals surface area contributed by atoms with Crippen LogP contribution in [0.5, 0.6) is 0 Å². The lowest BCUT2D eigenvalue weighted by molar-refractivity contribution is 0.949. The highest BCUT2D eigenvalue weighted by Gasteiger charge is 1.93. The molecule has 0 unspecified atom stereocenters. The van der Waals surface area contributed by atoms with E-state index in [4.69, 9.17) is 0 Å². The van der Waals surface area contributed by atoms with E-state index >= 15 is 0 Å². The second-order valence-corrected chi connectivity index (χ2v) is 1.97. The van der Waals surface area contributed by atoms with Crippen LogP contribution in [-0.4, -0.2) is 15.2 Å². The molecular formula is C11H21N3. The van der Waals surface area contributed by atoms with Gasteiger partial charge in [-0.25, -0.2) is 4.98 Å². The van der Waals surface area contributed by atoms with Crippen LogP contribution in [0.4, 0.5) is 0 Å².